The lowest BCUT2D eigenvalue weighted by atomic mass is 10.2. The molecule has 0 aliphatic heterocycles. The van der Waals surface area contributed by atoms with Crippen LogP contribution in [0.5, 0.6) is 6.08 Å². The number of benzene rings is 1. The van der Waals surface area contributed by atoms with Crippen LogP contribution in [0.15, 0.2) is 22.6 Å². The van der Waals surface area contributed by atoms with Crippen molar-refractivity contribution in [2.75, 3.05) is 7.11 Å². The second-order valence-corrected chi connectivity index (χ2v) is 2.61. The van der Waals surface area contributed by atoms with Crippen LogP contribution in [-0.4, -0.2) is 17.2 Å². The summed E-state index contributed by atoms with van der Waals surface area (Å²) in [6.45, 7) is -0.0598. The molecular formula is C9H9NO3. The lowest BCUT2D eigenvalue weighted by Crippen LogP contribution is -1.81. The molecule has 1 heterocycles. The summed E-state index contributed by atoms with van der Waals surface area (Å²) >= 11 is 0. The van der Waals surface area contributed by atoms with Crippen LogP contribution in [0.3, 0.4) is 0 Å². The minimum atomic E-state index is -0.0598. The molecule has 0 saturated carbocycles. The molecule has 4 nitrogen and oxygen atoms in total. The molecule has 0 bridgehead atoms. The molecule has 0 unspecified atom stereocenters. The van der Waals surface area contributed by atoms with E-state index in [1.165, 1.54) is 7.11 Å². The maximum atomic E-state index is 8.99. The van der Waals surface area contributed by atoms with Crippen molar-refractivity contribution in [3.63, 3.8) is 0 Å². The molecule has 0 saturated heterocycles. The molecular weight excluding hydrogens is 170 g/mol. The van der Waals surface area contributed by atoms with E-state index in [-0.39, 0.29) is 12.7 Å². The number of aromatic nitrogens is 1. The minimum Gasteiger partial charge on any atom is -0.453 e. The highest BCUT2D eigenvalue weighted by Crippen LogP contribution is 2.23. The number of hydrogen-bond acceptors (Lipinski definition) is 4. The largest absolute Gasteiger partial charge is 0.453 e. The van der Waals surface area contributed by atoms with E-state index in [4.69, 9.17) is 14.3 Å². The van der Waals surface area contributed by atoms with E-state index >= 15 is 0 Å². The summed E-state index contributed by atoms with van der Waals surface area (Å²) in [6, 6.07) is 5.41. The second-order valence-electron chi connectivity index (χ2n) is 2.61. The van der Waals surface area contributed by atoms with Crippen LogP contribution in [0.25, 0.3) is 11.1 Å². The predicted molar refractivity (Wildman–Crippen MR) is 46.5 cm³/mol. The minimum absolute atomic E-state index is 0.0598. The second kappa shape index (κ2) is 3.06. The third kappa shape index (κ3) is 1.25. The molecule has 0 aliphatic rings. The molecule has 0 fully saturated rings. The average molecular weight is 179 g/mol. The molecule has 1 aromatic carbocycles. The number of para-hydroxylation sites is 1. The molecule has 1 aromatic heterocycles. The van der Waals surface area contributed by atoms with Gasteiger partial charge in [-0.25, -0.2) is 0 Å². The van der Waals surface area contributed by atoms with Crippen molar-refractivity contribution in [3.05, 3.63) is 23.8 Å². The quantitative estimate of drug-likeness (QED) is 0.755. The molecule has 13 heavy (non-hydrogen) atoms. The van der Waals surface area contributed by atoms with E-state index in [9.17, 15) is 0 Å². The monoisotopic (exact) mass is 179 g/mol. The van der Waals surface area contributed by atoms with Crippen molar-refractivity contribution < 1.29 is 14.3 Å². The van der Waals surface area contributed by atoms with Crippen LogP contribution < -0.4 is 4.74 Å². The smallest absolute Gasteiger partial charge is 0.394 e. The van der Waals surface area contributed by atoms with Crippen LogP contribution in [-0.2, 0) is 6.61 Å². The van der Waals surface area contributed by atoms with E-state index in [2.05, 4.69) is 4.98 Å². The Morgan fingerprint density at radius 3 is 3.08 bits per heavy atom. The number of rotatable bonds is 2. The summed E-state index contributed by atoms with van der Waals surface area (Å²) in [6.07, 6.45) is 0.218. The van der Waals surface area contributed by atoms with Crippen LogP contribution in [0.1, 0.15) is 5.56 Å². The normalized spacial score (nSPS) is 10.6. The van der Waals surface area contributed by atoms with Gasteiger partial charge in [-0.3, -0.25) is 0 Å². The summed E-state index contributed by atoms with van der Waals surface area (Å²) in [5.74, 6) is 0. The van der Waals surface area contributed by atoms with Crippen molar-refractivity contribution in [2.24, 2.45) is 0 Å². The summed E-state index contributed by atoms with van der Waals surface area (Å²) in [7, 11) is 1.49. The van der Waals surface area contributed by atoms with Gasteiger partial charge in [-0.05, 0) is 6.07 Å². The van der Waals surface area contributed by atoms with Crippen LogP contribution in [0.2, 0.25) is 0 Å². The maximum absolute atomic E-state index is 8.99. The molecule has 0 aliphatic carbocycles. The third-order valence-electron chi connectivity index (χ3n) is 1.82. The summed E-state index contributed by atoms with van der Waals surface area (Å²) in [5.41, 5.74) is 2.00. The highest BCUT2D eigenvalue weighted by atomic mass is 16.6. The number of ether oxygens (including phenoxy) is 1. The third-order valence-corrected chi connectivity index (χ3v) is 1.82. The number of aliphatic hydroxyl groups excluding tert-OH is 1. The van der Waals surface area contributed by atoms with Gasteiger partial charge >= 0.3 is 6.08 Å². The lowest BCUT2D eigenvalue weighted by molar-refractivity contribution is 0.276. The topological polar surface area (TPSA) is 55.5 Å². The number of fused-ring (bicyclic) bond motifs is 1. The molecule has 0 spiro atoms. The van der Waals surface area contributed by atoms with E-state index in [1.54, 1.807) is 12.1 Å². The van der Waals surface area contributed by atoms with Gasteiger partial charge in [0.1, 0.15) is 5.52 Å². The molecule has 2 rings (SSSR count). The predicted octanol–water partition coefficient (Wildman–Crippen LogP) is 1.33. The van der Waals surface area contributed by atoms with Crippen LogP contribution >= 0.6 is 0 Å². The van der Waals surface area contributed by atoms with Gasteiger partial charge in [0, 0.05) is 5.56 Å². The number of hydrogen-bond donors (Lipinski definition) is 1. The molecule has 0 radical (unpaired) electrons. The first-order valence-corrected chi connectivity index (χ1v) is 3.88. The summed E-state index contributed by atoms with van der Waals surface area (Å²) in [5, 5.41) is 8.99. The molecule has 0 amide bonds. The van der Waals surface area contributed by atoms with E-state index in [0.717, 1.165) is 0 Å². The first-order chi connectivity index (χ1) is 6.35. The van der Waals surface area contributed by atoms with E-state index in [1.807, 2.05) is 6.07 Å². The van der Waals surface area contributed by atoms with Gasteiger partial charge in [-0.15, -0.1) is 0 Å². The zero-order chi connectivity index (χ0) is 9.26. The van der Waals surface area contributed by atoms with Gasteiger partial charge in [0.2, 0.25) is 0 Å². The zero-order valence-corrected chi connectivity index (χ0v) is 7.15. The Hall–Kier alpha value is -1.55. The van der Waals surface area contributed by atoms with Crippen molar-refractivity contribution >= 4 is 11.1 Å². The van der Waals surface area contributed by atoms with Crippen molar-refractivity contribution in [1.29, 1.82) is 0 Å². The number of nitrogens with zero attached hydrogens (tertiary/aromatic N) is 1. The molecule has 1 N–H and O–H groups in total. The first-order valence-electron chi connectivity index (χ1n) is 3.88. The molecule has 68 valence electrons. The SMILES string of the molecule is COc1nc2cccc(CO)c2o1. The van der Waals surface area contributed by atoms with Gasteiger partial charge in [-0.2, -0.15) is 4.98 Å². The molecule has 2 aromatic rings. The van der Waals surface area contributed by atoms with Gasteiger partial charge in [0.25, 0.3) is 0 Å². The Morgan fingerprint density at radius 1 is 1.54 bits per heavy atom. The Kier molecular flexibility index (Phi) is 1.90. The first kappa shape index (κ1) is 8.07. The van der Waals surface area contributed by atoms with Gasteiger partial charge in [0.15, 0.2) is 5.58 Å². The van der Waals surface area contributed by atoms with Crippen molar-refractivity contribution in [1.82, 2.24) is 4.98 Å². The Morgan fingerprint density at radius 2 is 2.38 bits per heavy atom. The summed E-state index contributed by atoms with van der Waals surface area (Å²) in [4.78, 5) is 4.04. The standard InChI is InChI=1S/C9H9NO3/c1-12-9-10-7-4-2-3-6(5-11)8(7)13-9/h2-4,11H,5H2,1H3. The highest BCUT2D eigenvalue weighted by molar-refractivity contribution is 5.76. The van der Waals surface area contributed by atoms with Gasteiger partial charge in [0.05, 0.1) is 13.7 Å². The van der Waals surface area contributed by atoms with Gasteiger partial charge < -0.3 is 14.3 Å². The van der Waals surface area contributed by atoms with Crippen molar-refractivity contribution in [3.8, 4) is 6.08 Å². The number of methoxy groups -OCH3 is 1. The fourth-order valence-electron chi connectivity index (χ4n) is 1.20. The number of aliphatic hydroxyl groups is 1. The van der Waals surface area contributed by atoms with Crippen molar-refractivity contribution in [2.45, 2.75) is 6.61 Å². The van der Waals surface area contributed by atoms with Crippen LogP contribution in [0.4, 0.5) is 0 Å². The maximum Gasteiger partial charge on any atom is 0.394 e. The lowest BCUT2D eigenvalue weighted by Gasteiger charge is -1.93. The van der Waals surface area contributed by atoms with Crippen LogP contribution in [0, 0.1) is 0 Å². The fraction of sp³-hybridized carbons (Fsp3) is 0.222. The Balaban J connectivity index is 2.67. The Bertz CT molecular complexity index is 422. The van der Waals surface area contributed by atoms with E-state index < -0.39 is 0 Å². The molecule has 4 heteroatoms. The van der Waals surface area contributed by atoms with Gasteiger partial charge in [-0.1, -0.05) is 12.1 Å². The average Bonchev–Trinajstić information content (AvgIpc) is 2.59. The number of oxazole rings is 1. The summed E-state index contributed by atoms with van der Waals surface area (Å²) < 4.78 is 10.1. The zero-order valence-electron chi connectivity index (χ0n) is 7.15. The fourth-order valence-corrected chi connectivity index (χ4v) is 1.20. The highest BCUT2D eigenvalue weighted by Gasteiger charge is 2.08. The van der Waals surface area contributed by atoms with E-state index in [0.29, 0.717) is 16.7 Å². The Labute approximate surface area is 74.8 Å². The molecule has 0 atom stereocenters.